The number of fused-ring (bicyclic) bond motifs is 1. The molecule has 1 saturated heterocycles. The molecule has 0 bridgehead atoms. The van der Waals surface area contributed by atoms with Gasteiger partial charge < -0.3 is 19.5 Å². The number of carbonyl (C=O) groups excluding carboxylic acids is 2. The van der Waals surface area contributed by atoms with Crippen LogP contribution in [0.25, 0.3) is 11.2 Å². The maximum Gasteiger partial charge on any atom is 0.409 e. The van der Waals surface area contributed by atoms with Gasteiger partial charge in [-0.05, 0) is 6.92 Å². The molecule has 1 aliphatic rings. The van der Waals surface area contributed by atoms with Crippen molar-refractivity contribution in [1.29, 1.82) is 0 Å². The highest BCUT2D eigenvalue weighted by Gasteiger charge is 2.25. The molecule has 3 heterocycles. The Labute approximate surface area is 142 Å². The van der Waals surface area contributed by atoms with Crippen LogP contribution in [0.3, 0.4) is 0 Å². The zero-order valence-corrected chi connectivity index (χ0v) is 14.1. The molecule has 128 valence electrons. The second-order valence-electron chi connectivity index (χ2n) is 5.14. The minimum absolute atomic E-state index is 0.0230. The summed E-state index contributed by atoms with van der Waals surface area (Å²) in [7, 11) is 0. The predicted octanol–water partition coefficient (Wildman–Crippen LogP) is 0.746. The van der Waals surface area contributed by atoms with E-state index in [-0.39, 0.29) is 17.8 Å². The van der Waals surface area contributed by atoms with E-state index in [0.29, 0.717) is 43.5 Å². The number of thioether (sulfide) groups is 1. The summed E-state index contributed by atoms with van der Waals surface area (Å²) < 4.78 is 4.97. The molecule has 9 nitrogen and oxygen atoms in total. The third-order valence-corrected chi connectivity index (χ3v) is 4.65. The molecule has 3 rings (SSSR count). The number of ether oxygens (including phenoxy) is 1. The number of aromatic amines is 1. The van der Waals surface area contributed by atoms with Gasteiger partial charge >= 0.3 is 6.09 Å². The van der Waals surface area contributed by atoms with Gasteiger partial charge in [-0.25, -0.2) is 19.7 Å². The molecule has 0 spiro atoms. The third kappa shape index (κ3) is 3.58. The van der Waals surface area contributed by atoms with E-state index in [1.54, 1.807) is 23.1 Å². The third-order valence-electron chi connectivity index (χ3n) is 3.68. The highest BCUT2D eigenvalue weighted by molar-refractivity contribution is 8.00. The molecule has 0 saturated carbocycles. The molecule has 0 aliphatic carbocycles. The van der Waals surface area contributed by atoms with Gasteiger partial charge in [0.1, 0.15) is 16.9 Å². The molecule has 24 heavy (non-hydrogen) atoms. The average molecular weight is 350 g/mol. The van der Waals surface area contributed by atoms with E-state index < -0.39 is 0 Å². The highest BCUT2D eigenvalue weighted by atomic mass is 32.2. The van der Waals surface area contributed by atoms with Crippen LogP contribution < -0.4 is 0 Å². The van der Waals surface area contributed by atoms with Crippen LogP contribution in [0.1, 0.15) is 6.92 Å². The fourth-order valence-electron chi connectivity index (χ4n) is 2.43. The molecule has 1 fully saturated rings. The molecular weight excluding hydrogens is 332 g/mol. The number of rotatable bonds is 4. The topological polar surface area (TPSA) is 104 Å². The molecule has 2 aromatic heterocycles. The summed E-state index contributed by atoms with van der Waals surface area (Å²) in [6, 6.07) is 0. The van der Waals surface area contributed by atoms with E-state index in [4.69, 9.17) is 4.74 Å². The first-order valence-electron chi connectivity index (χ1n) is 7.65. The minimum atomic E-state index is -0.318. The Hall–Kier alpha value is -2.36. The molecule has 0 radical (unpaired) electrons. The van der Waals surface area contributed by atoms with E-state index in [9.17, 15) is 9.59 Å². The number of amides is 2. The number of piperazine rings is 1. The number of carbonyl (C=O) groups is 2. The molecule has 1 N–H and O–H groups in total. The van der Waals surface area contributed by atoms with Gasteiger partial charge in [0, 0.05) is 26.2 Å². The maximum atomic E-state index is 12.3. The lowest BCUT2D eigenvalue weighted by atomic mass is 10.3. The summed E-state index contributed by atoms with van der Waals surface area (Å²) in [4.78, 5) is 42.7. The van der Waals surface area contributed by atoms with Crippen LogP contribution in [-0.2, 0) is 9.53 Å². The predicted molar refractivity (Wildman–Crippen MR) is 87.6 cm³/mol. The smallest absolute Gasteiger partial charge is 0.409 e. The fraction of sp³-hybridized carbons (Fsp3) is 0.500. The monoisotopic (exact) mass is 350 g/mol. The van der Waals surface area contributed by atoms with Crippen LogP contribution in [0.4, 0.5) is 4.79 Å². The van der Waals surface area contributed by atoms with Crippen molar-refractivity contribution < 1.29 is 14.3 Å². The van der Waals surface area contributed by atoms with Crippen molar-refractivity contribution in [1.82, 2.24) is 29.7 Å². The van der Waals surface area contributed by atoms with Crippen molar-refractivity contribution >= 4 is 34.9 Å². The Morgan fingerprint density at radius 1 is 1.21 bits per heavy atom. The summed E-state index contributed by atoms with van der Waals surface area (Å²) in [6.45, 7) is 4.15. The first-order chi connectivity index (χ1) is 11.7. The van der Waals surface area contributed by atoms with Crippen molar-refractivity contribution in [2.24, 2.45) is 0 Å². The number of H-pyrrole nitrogens is 1. The molecule has 10 heteroatoms. The number of hydrogen-bond acceptors (Lipinski definition) is 7. The second-order valence-corrected chi connectivity index (χ2v) is 6.10. The summed E-state index contributed by atoms with van der Waals surface area (Å²) in [5.41, 5.74) is 1.32. The Bertz CT molecular complexity index is 728. The van der Waals surface area contributed by atoms with Gasteiger partial charge in [-0.3, -0.25) is 4.79 Å². The van der Waals surface area contributed by atoms with Gasteiger partial charge in [0.2, 0.25) is 5.91 Å². The quantitative estimate of drug-likeness (QED) is 0.641. The lowest BCUT2D eigenvalue weighted by Crippen LogP contribution is -2.51. The van der Waals surface area contributed by atoms with Gasteiger partial charge in [-0.1, -0.05) is 11.8 Å². The van der Waals surface area contributed by atoms with Crippen molar-refractivity contribution in [3.8, 4) is 0 Å². The molecular formula is C14H18N6O3S. The maximum absolute atomic E-state index is 12.3. The Morgan fingerprint density at radius 2 is 1.96 bits per heavy atom. The second kappa shape index (κ2) is 7.47. The average Bonchev–Trinajstić information content (AvgIpc) is 3.09. The van der Waals surface area contributed by atoms with Gasteiger partial charge in [-0.15, -0.1) is 0 Å². The van der Waals surface area contributed by atoms with Gasteiger partial charge in [0.15, 0.2) is 5.65 Å². The standard InChI is InChI=1S/C14H18N6O3S/c1-2-23-14(22)20-5-3-19(4-6-20)10(21)7-24-13-11-12(16-8-15-11)17-9-18-13/h8-9H,2-7H2,1H3,(H,15,16,17,18). The molecule has 0 aromatic carbocycles. The number of hydrogen-bond donors (Lipinski definition) is 1. The van der Waals surface area contributed by atoms with Crippen LogP contribution in [-0.4, -0.2) is 80.3 Å². The Balaban J connectivity index is 1.51. The van der Waals surface area contributed by atoms with Crippen molar-refractivity contribution in [3.05, 3.63) is 12.7 Å². The first-order valence-corrected chi connectivity index (χ1v) is 8.64. The number of aromatic nitrogens is 4. The Morgan fingerprint density at radius 3 is 2.71 bits per heavy atom. The number of nitrogens with one attached hydrogen (secondary N) is 1. The summed E-state index contributed by atoms with van der Waals surface area (Å²) >= 11 is 1.35. The van der Waals surface area contributed by atoms with Crippen molar-refractivity contribution in [2.75, 3.05) is 38.5 Å². The zero-order valence-electron chi connectivity index (χ0n) is 13.3. The first kappa shape index (κ1) is 16.5. The van der Waals surface area contributed by atoms with Crippen LogP contribution in [0.2, 0.25) is 0 Å². The Kier molecular flexibility index (Phi) is 5.14. The van der Waals surface area contributed by atoms with Gasteiger partial charge in [0.05, 0.1) is 18.7 Å². The lowest BCUT2D eigenvalue weighted by molar-refractivity contribution is -0.129. The van der Waals surface area contributed by atoms with E-state index >= 15 is 0 Å². The lowest BCUT2D eigenvalue weighted by Gasteiger charge is -2.34. The molecule has 2 aromatic rings. The molecule has 0 unspecified atom stereocenters. The van der Waals surface area contributed by atoms with Crippen molar-refractivity contribution in [2.45, 2.75) is 11.9 Å². The normalized spacial score (nSPS) is 14.9. The summed E-state index contributed by atoms with van der Waals surface area (Å²) in [5, 5.41) is 0.705. The summed E-state index contributed by atoms with van der Waals surface area (Å²) in [5.74, 6) is 0.305. The van der Waals surface area contributed by atoms with E-state index in [0.717, 1.165) is 5.52 Å². The van der Waals surface area contributed by atoms with Gasteiger partial charge in [-0.2, -0.15) is 0 Å². The van der Waals surface area contributed by atoms with Crippen LogP contribution in [0.5, 0.6) is 0 Å². The van der Waals surface area contributed by atoms with Crippen LogP contribution in [0, 0.1) is 0 Å². The van der Waals surface area contributed by atoms with Gasteiger partial charge in [0.25, 0.3) is 0 Å². The number of nitrogens with zero attached hydrogens (tertiary/aromatic N) is 5. The molecule has 1 aliphatic heterocycles. The van der Waals surface area contributed by atoms with Crippen LogP contribution >= 0.6 is 11.8 Å². The minimum Gasteiger partial charge on any atom is -0.450 e. The van der Waals surface area contributed by atoms with E-state index in [2.05, 4.69) is 19.9 Å². The number of imidazole rings is 1. The van der Waals surface area contributed by atoms with Crippen LogP contribution in [0.15, 0.2) is 17.7 Å². The van der Waals surface area contributed by atoms with E-state index in [1.807, 2.05) is 0 Å². The molecule has 2 amide bonds. The highest BCUT2D eigenvalue weighted by Crippen LogP contribution is 2.22. The SMILES string of the molecule is CCOC(=O)N1CCN(C(=O)CSc2ncnc3nc[nH]c23)CC1. The summed E-state index contributed by atoms with van der Waals surface area (Å²) in [6.07, 6.45) is 2.68. The van der Waals surface area contributed by atoms with E-state index in [1.165, 1.54) is 18.1 Å². The van der Waals surface area contributed by atoms with Crippen molar-refractivity contribution in [3.63, 3.8) is 0 Å². The zero-order chi connectivity index (χ0) is 16.9. The fourth-order valence-corrected chi connectivity index (χ4v) is 3.29. The molecule has 0 atom stereocenters. The largest absolute Gasteiger partial charge is 0.450 e.